The summed E-state index contributed by atoms with van der Waals surface area (Å²) in [6, 6.07) is 11.2. The number of nitrogens with one attached hydrogen (secondary N) is 1. The average Bonchev–Trinajstić information content (AvgIpc) is 2.65. The highest BCUT2D eigenvalue weighted by molar-refractivity contribution is 6.01. The van der Waals surface area contributed by atoms with Gasteiger partial charge in [0.15, 0.2) is 0 Å². The first-order chi connectivity index (χ1) is 12.7. The zero-order valence-electron chi connectivity index (χ0n) is 14.1. The molecule has 0 radical (unpaired) electrons. The maximum absolute atomic E-state index is 12.1. The molecule has 0 saturated carbocycles. The van der Waals surface area contributed by atoms with Crippen molar-refractivity contribution in [1.29, 1.82) is 0 Å². The van der Waals surface area contributed by atoms with Crippen LogP contribution in [0.4, 0.5) is 0 Å². The van der Waals surface area contributed by atoms with Gasteiger partial charge in [0.1, 0.15) is 17.2 Å². The summed E-state index contributed by atoms with van der Waals surface area (Å²) < 4.78 is 5.97. The van der Waals surface area contributed by atoms with E-state index >= 15 is 0 Å². The van der Waals surface area contributed by atoms with Gasteiger partial charge < -0.3 is 14.9 Å². The normalized spacial score (nSPS) is 12.3. The molecular weight excluding hydrogens is 334 g/mol. The van der Waals surface area contributed by atoms with Gasteiger partial charge in [-0.2, -0.15) is 5.10 Å². The molecule has 26 heavy (non-hydrogen) atoms. The highest BCUT2D eigenvalue weighted by Crippen LogP contribution is 2.44. The summed E-state index contributed by atoms with van der Waals surface area (Å²) in [4.78, 5) is 14.0. The van der Waals surface area contributed by atoms with Crippen molar-refractivity contribution >= 4 is 10.8 Å². The van der Waals surface area contributed by atoms with Crippen molar-refractivity contribution < 1.29 is 14.9 Å². The number of hydrogen-bond acceptors (Lipinski definition) is 6. The van der Waals surface area contributed by atoms with E-state index in [-0.39, 0.29) is 18.8 Å². The van der Waals surface area contributed by atoms with Gasteiger partial charge in [0.25, 0.3) is 5.56 Å². The second-order valence-corrected chi connectivity index (χ2v) is 6.24. The van der Waals surface area contributed by atoms with E-state index in [2.05, 4.69) is 10.2 Å². The summed E-state index contributed by atoms with van der Waals surface area (Å²) in [7, 11) is 0. The molecule has 0 amide bonds. The average molecular weight is 353 g/mol. The number of benzene rings is 2. The molecule has 1 aliphatic rings. The van der Waals surface area contributed by atoms with Crippen LogP contribution in [0, 0.1) is 0 Å². The van der Waals surface area contributed by atoms with Crippen molar-refractivity contribution in [2.45, 2.75) is 6.54 Å². The summed E-state index contributed by atoms with van der Waals surface area (Å²) in [6.07, 6.45) is 0. The second-order valence-electron chi connectivity index (χ2n) is 6.24. The SMILES string of the molecule is O=c1[nH]nc2c3c(cccc13)Oc1ccc(CN(CCO)CCO)cc1-2. The van der Waals surface area contributed by atoms with Gasteiger partial charge in [-0.25, -0.2) is 5.10 Å². The Morgan fingerprint density at radius 3 is 2.65 bits per heavy atom. The van der Waals surface area contributed by atoms with E-state index in [1.165, 1.54) is 0 Å². The monoisotopic (exact) mass is 353 g/mol. The molecule has 4 rings (SSSR count). The van der Waals surface area contributed by atoms with Crippen LogP contribution in [0.5, 0.6) is 11.5 Å². The molecule has 1 aliphatic heterocycles. The van der Waals surface area contributed by atoms with Crippen LogP contribution in [0.1, 0.15) is 5.56 Å². The number of rotatable bonds is 6. The summed E-state index contributed by atoms with van der Waals surface area (Å²) in [5, 5.41) is 26.4. The third-order valence-electron chi connectivity index (χ3n) is 4.53. The molecule has 0 atom stereocenters. The third-order valence-corrected chi connectivity index (χ3v) is 4.53. The number of aliphatic hydroxyl groups excluding tert-OH is 2. The van der Waals surface area contributed by atoms with Crippen LogP contribution in [-0.2, 0) is 6.54 Å². The first-order valence-corrected chi connectivity index (χ1v) is 8.48. The minimum absolute atomic E-state index is 0.0313. The zero-order chi connectivity index (χ0) is 18.1. The number of aromatic nitrogens is 2. The summed E-state index contributed by atoms with van der Waals surface area (Å²) in [5.74, 6) is 1.31. The van der Waals surface area contributed by atoms with Crippen LogP contribution in [0.2, 0.25) is 0 Å². The summed E-state index contributed by atoms with van der Waals surface area (Å²) in [5.41, 5.74) is 2.27. The lowest BCUT2D eigenvalue weighted by atomic mass is 9.99. The number of aliphatic hydroxyl groups is 2. The lowest BCUT2D eigenvalue weighted by Gasteiger charge is -2.23. The van der Waals surface area contributed by atoms with Gasteiger partial charge >= 0.3 is 0 Å². The van der Waals surface area contributed by atoms with Crippen LogP contribution in [-0.4, -0.2) is 51.6 Å². The highest BCUT2D eigenvalue weighted by Gasteiger charge is 2.23. The van der Waals surface area contributed by atoms with E-state index in [0.717, 1.165) is 11.1 Å². The van der Waals surface area contributed by atoms with Gasteiger partial charge in [0, 0.05) is 25.2 Å². The molecule has 1 aromatic heterocycles. The number of hydrogen-bond donors (Lipinski definition) is 3. The first kappa shape index (κ1) is 16.7. The fourth-order valence-electron chi connectivity index (χ4n) is 3.35. The molecule has 7 nitrogen and oxygen atoms in total. The Morgan fingerprint density at radius 1 is 1.08 bits per heavy atom. The predicted octanol–water partition coefficient (Wildman–Crippen LogP) is 1.48. The van der Waals surface area contributed by atoms with E-state index in [1.807, 2.05) is 29.2 Å². The largest absolute Gasteiger partial charge is 0.456 e. The fraction of sp³-hybridized carbons (Fsp3) is 0.263. The van der Waals surface area contributed by atoms with Crippen LogP contribution in [0.3, 0.4) is 0 Å². The van der Waals surface area contributed by atoms with Crippen LogP contribution < -0.4 is 10.3 Å². The molecule has 0 saturated heterocycles. The molecule has 3 aromatic rings. The van der Waals surface area contributed by atoms with E-state index in [0.29, 0.717) is 47.6 Å². The Labute approximate surface area is 149 Å². The number of ether oxygens (including phenoxy) is 1. The molecule has 0 unspecified atom stereocenters. The van der Waals surface area contributed by atoms with Crippen LogP contribution >= 0.6 is 0 Å². The Kier molecular flexibility index (Phi) is 4.42. The minimum Gasteiger partial charge on any atom is -0.456 e. The minimum atomic E-state index is -0.245. The van der Waals surface area contributed by atoms with Gasteiger partial charge in [-0.15, -0.1) is 0 Å². The van der Waals surface area contributed by atoms with Crippen molar-refractivity contribution in [3.05, 3.63) is 52.3 Å². The molecule has 0 aliphatic carbocycles. The summed E-state index contributed by atoms with van der Waals surface area (Å²) in [6.45, 7) is 1.62. The van der Waals surface area contributed by atoms with Gasteiger partial charge in [-0.1, -0.05) is 12.1 Å². The molecule has 134 valence electrons. The molecule has 2 aromatic carbocycles. The Hall–Kier alpha value is -2.74. The Morgan fingerprint density at radius 2 is 1.88 bits per heavy atom. The van der Waals surface area contributed by atoms with Crippen LogP contribution in [0.15, 0.2) is 41.2 Å². The quantitative estimate of drug-likeness (QED) is 0.486. The first-order valence-electron chi connectivity index (χ1n) is 8.48. The van der Waals surface area contributed by atoms with E-state index in [1.54, 1.807) is 12.1 Å². The lowest BCUT2D eigenvalue weighted by Crippen LogP contribution is -2.29. The molecule has 3 N–H and O–H groups in total. The van der Waals surface area contributed by atoms with E-state index < -0.39 is 0 Å². The molecule has 7 heteroatoms. The van der Waals surface area contributed by atoms with Crippen LogP contribution in [0.25, 0.3) is 22.0 Å². The molecular formula is C19H19N3O4. The number of fused-ring (bicyclic) bond motifs is 2. The van der Waals surface area contributed by atoms with Crippen molar-refractivity contribution in [3.63, 3.8) is 0 Å². The standard InChI is InChI=1S/C19H19N3O4/c23-8-6-22(7-9-24)11-12-4-5-15-14(10-12)18-17-13(19(25)21-20-18)2-1-3-16(17)26-15/h1-5,10,23-24H,6-9,11H2,(H,21,25). The van der Waals surface area contributed by atoms with Crippen molar-refractivity contribution in [3.8, 4) is 22.8 Å². The van der Waals surface area contributed by atoms with E-state index in [9.17, 15) is 15.0 Å². The number of nitrogens with zero attached hydrogens (tertiary/aromatic N) is 2. The molecule has 0 bridgehead atoms. The fourth-order valence-corrected chi connectivity index (χ4v) is 3.35. The van der Waals surface area contributed by atoms with Gasteiger partial charge in [-0.05, 0) is 29.8 Å². The van der Waals surface area contributed by atoms with Crippen molar-refractivity contribution in [2.24, 2.45) is 0 Å². The van der Waals surface area contributed by atoms with Crippen molar-refractivity contribution in [1.82, 2.24) is 15.1 Å². The topological polar surface area (TPSA) is 98.7 Å². The molecule has 2 heterocycles. The van der Waals surface area contributed by atoms with E-state index in [4.69, 9.17) is 4.74 Å². The maximum Gasteiger partial charge on any atom is 0.272 e. The second kappa shape index (κ2) is 6.87. The number of H-pyrrole nitrogens is 1. The van der Waals surface area contributed by atoms with Gasteiger partial charge in [-0.3, -0.25) is 9.69 Å². The maximum atomic E-state index is 12.1. The Balaban J connectivity index is 1.78. The van der Waals surface area contributed by atoms with Gasteiger partial charge in [0.2, 0.25) is 0 Å². The Bertz CT molecular complexity index is 1010. The highest BCUT2D eigenvalue weighted by atomic mass is 16.5. The number of aromatic amines is 1. The van der Waals surface area contributed by atoms with Crippen molar-refractivity contribution in [2.75, 3.05) is 26.3 Å². The molecule has 0 fully saturated rings. The zero-order valence-corrected chi connectivity index (χ0v) is 14.1. The summed E-state index contributed by atoms with van der Waals surface area (Å²) >= 11 is 0. The van der Waals surface area contributed by atoms with Gasteiger partial charge in [0.05, 0.1) is 24.0 Å². The molecule has 0 spiro atoms. The predicted molar refractivity (Wildman–Crippen MR) is 97.3 cm³/mol. The lowest BCUT2D eigenvalue weighted by molar-refractivity contribution is 0.156. The third kappa shape index (κ3) is 2.86. The smallest absolute Gasteiger partial charge is 0.272 e.